The molecule has 1 atom stereocenters. The molecule has 0 saturated carbocycles. The molecular weight excluding hydrogens is 244 g/mol. The van der Waals surface area contributed by atoms with Gasteiger partial charge in [0, 0.05) is 26.1 Å². The van der Waals surface area contributed by atoms with Gasteiger partial charge in [-0.05, 0) is 24.7 Å². The highest BCUT2D eigenvalue weighted by Gasteiger charge is 2.17. The number of methoxy groups -OCH3 is 1. The molecule has 19 heavy (non-hydrogen) atoms. The number of phenols is 1. The largest absolute Gasteiger partial charge is 0.504 e. The Morgan fingerprint density at radius 1 is 1.53 bits per heavy atom. The van der Waals surface area contributed by atoms with E-state index in [2.05, 4.69) is 5.32 Å². The maximum atomic E-state index is 12.0. The first-order chi connectivity index (χ1) is 8.99. The number of nitrogens with one attached hydrogen (secondary N) is 1. The number of carbonyl (C=O) groups excluding carboxylic acids is 1. The van der Waals surface area contributed by atoms with Gasteiger partial charge in [0.05, 0.1) is 7.11 Å². The second-order valence-corrected chi connectivity index (χ2v) is 4.66. The number of carbonyl (C=O) groups is 1. The van der Waals surface area contributed by atoms with E-state index in [9.17, 15) is 9.90 Å². The zero-order valence-corrected chi connectivity index (χ0v) is 11.9. The fourth-order valence-electron chi connectivity index (χ4n) is 1.96. The Balaban J connectivity index is 2.68. The quantitative estimate of drug-likeness (QED) is 0.812. The van der Waals surface area contributed by atoms with E-state index in [1.54, 1.807) is 24.1 Å². The lowest BCUT2D eigenvalue weighted by atomic mass is 10.1. The van der Waals surface area contributed by atoms with Crippen molar-refractivity contribution in [3.63, 3.8) is 0 Å². The summed E-state index contributed by atoms with van der Waals surface area (Å²) >= 11 is 0. The Hall–Kier alpha value is -1.75. The van der Waals surface area contributed by atoms with Crippen molar-refractivity contribution < 1.29 is 14.6 Å². The highest BCUT2D eigenvalue weighted by molar-refractivity contribution is 5.78. The van der Waals surface area contributed by atoms with Gasteiger partial charge in [0.1, 0.15) is 0 Å². The van der Waals surface area contributed by atoms with E-state index in [1.807, 2.05) is 20.0 Å². The molecule has 0 radical (unpaired) electrons. The Bertz CT molecular complexity index is 435. The number of amides is 1. The molecule has 5 heteroatoms. The molecule has 0 saturated heterocycles. The third-order valence-electron chi connectivity index (χ3n) is 2.97. The summed E-state index contributed by atoms with van der Waals surface area (Å²) in [4.78, 5) is 13.7. The van der Waals surface area contributed by atoms with Crippen LogP contribution in [0.3, 0.4) is 0 Å². The van der Waals surface area contributed by atoms with E-state index in [1.165, 1.54) is 7.11 Å². The highest BCUT2D eigenvalue weighted by atomic mass is 16.5. The second-order valence-electron chi connectivity index (χ2n) is 4.66. The fourth-order valence-corrected chi connectivity index (χ4v) is 1.96. The third-order valence-corrected chi connectivity index (χ3v) is 2.97. The van der Waals surface area contributed by atoms with Crippen molar-refractivity contribution in [1.29, 1.82) is 0 Å². The monoisotopic (exact) mass is 266 g/mol. The van der Waals surface area contributed by atoms with Crippen molar-refractivity contribution in [2.75, 3.05) is 27.7 Å². The van der Waals surface area contributed by atoms with Crippen LogP contribution in [0.25, 0.3) is 0 Å². The second kappa shape index (κ2) is 6.99. The van der Waals surface area contributed by atoms with E-state index in [-0.39, 0.29) is 17.6 Å². The van der Waals surface area contributed by atoms with Crippen LogP contribution in [0.5, 0.6) is 11.5 Å². The average molecular weight is 266 g/mol. The molecule has 1 amide bonds. The molecule has 106 valence electrons. The summed E-state index contributed by atoms with van der Waals surface area (Å²) in [5.74, 6) is 0.525. The molecule has 0 heterocycles. The van der Waals surface area contributed by atoms with Gasteiger partial charge in [-0.15, -0.1) is 0 Å². The van der Waals surface area contributed by atoms with Crippen LogP contribution in [0.15, 0.2) is 18.2 Å². The first kappa shape index (κ1) is 15.3. The van der Waals surface area contributed by atoms with Gasteiger partial charge in [-0.3, -0.25) is 4.79 Å². The standard InChI is InChI=1S/C14H22N2O3/c1-10(8-15-2)14(18)16(3)9-11-5-6-13(19-4)12(17)7-11/h5-7,10,15,17H,8-9H2,1-4H3. The smallest absolute Gasteiger partial charge is 0.226 e. The van der Waals surface area contributed by atoms with Gasteiger partial charge in [-0.1, -0.05) is 13.0 Å². The van der Waals surface area contributed by atoms with Crippen LogP contribution in [0.1, 0.15) is 12.5 Å². The number of hydrogen-bond acceptors (Lipinski definition) is 4. The SMILES string of the molecule is CNCC(C)C(=O)N(C)Cc1ccc(OC)c(O)c1. The van der Waals surface area contributed by atoms with Crippen LogP contribution in [0.4, 0.5) is 0 Å². The van der Waals surface area contributed by atoms with Crippen LogP contribution in [-0.4, -0.2) is 43.7 Å². The number of benzene rings is 1. The number of rotatable bonds is 6. The molecule has 1 rings (SSSR count). The van der Waals surface area contributed by atoms with Gasteiger partial charge in [-0.2, -0.15) is 0 Å². The Labute approximate surface area is 114 Å². The number of ether oxygens (including phenoxy) is 1. The summed E-state index contributed by atoms with van der Waals surface area (Å²) in [6.07, 6.45) is 0. The highest BCUT2D eigenvalue weighted by Crippen LogP contribution is 2.26. The molecule has 5 nitrogen and oxygen atoms in total. The van der Waals surface area contributed by atoms with Gasteiger partial charge >= 0.3 is 0 Å². The molecule has 0 aliphatic carbocycles. The predicted octanol–water partition coefficient (Wildman–Crippen LogP) is 1.21. The van der Waals surface area contributed by atoms with Crippen molar-refractivity contribution in [2.24, 2.45) is 5.92 Å². The summed E-state index contributed by atoms with van der Waals surface area (Å²) in [7, 11) is 5.09. The third kappa shape index (κ3) is 4.13. The summed E-state index contributed by atoms with van der Waals surface area (Å²) in [5, 5.41) is 12.7. The maximum Gasteiger partial charge on any atom is 0.226 e. The van der Waals surface area contributed by atoms with E-state index in [0.29, 0.717) is 18.8 Å². The maximum absolute atomic E-state index is 12.0. The molecule has 0 fully saturated rings. The summed E-state index contributed by atoms with van der Waals surface area (Å²) in [5.41, 5.74) is 0.866. The first-order valence-electron chi connectivity index (χ1n) is 6.25. The van der Waals surface area contributed by atoms with Gasteiger partial charge in [0.2, 0.25) is 5.91 Å². The lowest BCUT2D eigenvalue weighted by Crippen LogP contribution is -2.35. The van der Waals surface area contributed by atoms with Crippen molar-refractivity contribution in [3.8, 4) is 11.5 Å². The molecule has 0 aliphatic heterocycles. The van der Waals surface area contributed by atoms with E-state index in [4.69, 9.17) is 4.74 Å². The number of aromatic hydroxyl groups is 1. The molecule has 0 bridgehead atoms. The van der Waals surface area contributed by atoms with Crippen molar-refractivity contribution in [1.82, 2.24) is 10.2 Å². The van der Waals surface area contributed by atoms with E-state index < -0.39 is 0 Å². The number of nitrogens with zero attached hydrogens (tertiary/aromatic N) is 1. The topological polar surface area (TPSA) is 61.8 Å². The summed E-state index contributed by atoms with van der Waals surface area (Å²) in [6, 6.07) is 5.15. The number of phenolic OH excluding ortho intramolecular Hbond substituents is 1. The fraction of sp³-hybridized carbons (Fsp3) is 0.500. The lowest BCUT2D eigenvalue weighted by molar-refractivity contribution is -0.134. The summed E-state index contributed by atoms with van der Waals surface area (Å²) < 4.78 is 4.98. The molecule has 0 aromatic heterocycles. The van der Waals surface area contributed by atoms with Gasteiger partial charge < -0.3 is 20.1 Å². The van der Waals surface area contributed by atoms with Crippen molar-refractivity contribution >= 4 is 5.91 Å². The van der Waals surface area contributed by atoms with Crippen molar-refractivity contribution in [3.05, 3.63) is 23.8 Å². The van der Waals surface area contributed by atoms with Crippen LogP contribution >= 0.6 is 0 Å². The minimum absolute atomic E-state index is 0.0677. The molecule has 0 aliphatic rings. The predicted molar refractivity (Wildman–Crippen MR) is 74.2 cm³/mol. The summed E-state index contributed by atoms with van der Waals surface area (Å²) in [6.45, 7) is 3.00. The van der Waals surface area contributed by atoms with Crippen LogP contribution < -0.4 is 10.1 Å². The molecule has 0 spiro atoms. The minimum atomic E-state index is -0.0677. The first-order valence-corrected chi connectivity index (χ1v) is 6.25. The normalized spacial score (nSPS) is 12.0. The van der Waals surface area contributed by atoms with Crippen LogP contribution in [-0.2, 0) is 11.3 Å². The zero-order chi connectivity index (χ0) is 14.4. The Kier molecular flexibility index (Phi) is 5.63. The van der Waals surface area contributed by atoms with Crippen LogP contribution in [0.2, 0.25) is 0 Å². The van der Waals surface area contributed by atoms with Gasteiger partial charge in [-0.25, -0.2) is 0 Å². The van der Waals surface area contributed by atoms with Gasteiger partial charge in [0.25, 0.3) is 0 Å². The zero-order valence-electron chi connectivity index (χ0n) is 11.9. The molecular formula is C14H22N2O3. The van der Waals surface area contributed by atoms with Crippen molar-refractivity contribution in [2.45, 2.75) is 13.5 Å². The molecule has 1 aromatic rings. The Morgan fingerprint density at radius 3 is 2.74 bits per heavy atom. The number of hydrogen-bond donors (Lipinski definition) is 2. The lowest BCUT2D eigenvalue weighted by Gasteiger charge is -2.21. The molecule has 1 aromatic carbocycles. The molecule has 2 N–H and O–H groups in total. The van der Waals surface area contributed by atoms with Gasteiger partial charge in [0.15, 0.2) is 11.5 Å². The van der Waals surface area contributed by atoms with E-state index >= 15 is 0 Å². The van der Waals surface area contributed by atoms with Crippen LogP contribution in [0, 0.1) is 5.92 Å². The molecule has 1 unspecified atom stereocenters. The average Bonchev–Trinajstić information content (AvgIpc) is 2.38. The minimum Gasteiger partial charge on any atom is -0.504 e. The Morgan fingerprint density at radius 2 is 2.21 bits per heavy atom. The van der Waals surface area contributed by atoms with E-state index in [0.717, 1.165) is 5.56 Å².